The molecule has 70 heavy (non-hydrogen) atoms. The molecule has 0 spiro atoms. The highest BCUT2D eigenvalue weighted by Crippen LogP contribution is 2.48. The molecular weight excluding hydrogens is 913 g/mol. The smallest absolute Gasteiger partial charge is 0.317 e. The van der Waals surface area contributed by atoms with Gasteiger partial charge in [0.15, 0.2) is 11.6 Å². The Kier molecular flexibility index (Phi) is 29.5. The molecule has 0 radical (unpaired) electrons. The molecule has 0 unspecified atom stereocenters. The highest BCUT2D eigenvalue weighted by Gasteiger charge is 2.57. The molecule has 0 aromatic carbocycles. The van der Waals surface area contributed by atoms with Crippen LogP contribution in [0.4, 0.5) is 0 Å². The van der Waals surface area contributed by atoms with Gasteiger partial charge in [-0.2, -0.15) is 0 Å². The molecule has 6 N–H and O–H groups in total. The molecule has 0 bridgehead atoms. The fourth-order valence-corrected chi connectivity index (χ4v) is 6.74. The molecule has 3 fully saturated rings. The average Bonchev–Trinajstić information content (AvgIpc) is 4.18. The third-order valence-corrected chi connectivity index (χ3v) is 12.5. The van der Waals surface area contributed by atoms with Gasteiger partial charge in [-0.05, 0) is 79.6 Å². The van der Waals surface area contributed by atoms with E-state index in [1.165, 1.54) is 13.8 Å². The van der Waals surface area contributed by atoms with Crippen molar-refractivity contribution in [3.05, 3.63) is 0 Å². The molecule has 0 aliphatic heterocycles. The Morgan fingerprint density at radius 2 is 0.929 bits per heavy atom. The van der Waals surface area contributed by atoms with Gasteiger partial charge >= 0.3 is 35.8 Å². The number of carboxylic acid groups (broad SMARTS) is 6. The van der Waals surface area contributed by atoms with E-state index in [2.05, 4.69) is 0 Å². The van der Waals surface area contributed by atoms with Crippen molar-refractivity contribution in [2.24, 2.45) is 74.9 Å². The quantitative estimate of drug-likeness (QED) is 0.0621. The molecule has 3 saturated carbocycles. The lowest BCUT2D eigenvalue weighted by molar-refractivity contribution is -0.154. The highest BCUT2D eigenvalue weighted by molar-refractivity contribution is 6.06. The summed E-state index contributed by atoms with van der Waals surface area (Å²) in [4.78, 5) is 130. The molecule has 3 rings (SSSR count). The second kappa shape index (κ2) is 29.9. The molecule has 18 nitrogen and oxygen atoms in total. The molecule has 0 saturated heterocycles. The first-order valence-corrected chi connectivity index (χ1v) is 24.1. The van der Waals surface area contributed by atoms with Crippen LogP contribution in [-0.2, 0) is 57.5 Å². The van der Waals surface area contributed by atoms with E-state index in [-0.39, 0.29) is 101 Å². The number of Topliss-reactive ketones (excluding diaryl/α,β-unsaturated/α-hetero) is 6. The van der Waals surface area contributed by atoms with Crippen molar-refractivity contribution in [3.8, 4) is 0 Å². The Bertz CT molecular complexity index is 1820. The SMILES string of the molecule is CC(C)C(=O)C(C)(C)C(=O)O.CC(C)C(=O)C1(C(=O)O)CC1.CC(C)C(=O)C1CCC(C)(C(=O)O)CC1.CC(C)C(=O)CC(C)(C)C(=O)O.CC(C)C(=O)CCC(=O)O.CC(C)C(=O)[C@@H]1C[C@H]1C(=O)O. The fourth-order valence-electron chi connectivity index (χ4n) is 6.74. The van der Waals surface area contributed by atoms with Gasteiger partial charge in [0, 0.05) is 60.2 Å². The summed E-state index contributed by atoms with van der Waals surface area (Å²) in [5, 5.41) is 51.8. The first-order valence-electron chi connectivity index (χ1n) is 24.1. The van der Waals surface area contributed by atoms with Crippen molar-refractivity contribution in [1.29, 1.82) is 0 Å². The lowest BCUT2D eigenvalue weighted by atomic mass is 9.70. The molecule has 0 aromatic heterocycles. The van der Waals surface area contributed by atoms with Crippen molar-refractivity contribution in [2.75, 3.05) is 0 Å². The molecular formula is C52H86O18. The lowest BCUT2D eigenvalue weighted by Gasteiger charge is -2.33. The third-order valence-electron chi connectivity index (χ3n) is 12.5. The van der Waals surface area contributed by atoms with E-state index in [9.17, 15) is 57.5 Å². The van der Waals surface area contributed by atoms with E-state index in [1.807, 2.05) is 13.8 Å². The number of rotatable bonds is 20. The second-order valence-corrected chi connectivity index (χ2v) is 21.9. The van der Waals surface area contributed by atoms with Crippen LogP contribution < -0.4 is 0 Å². The zero-order valence-corrected chi connectivity index (χ0v) is 44.8. The predicted octanol–water partition coefficient (Wildman–Crippen LogP) is 8.61. The van der Waals surface area contributed by atoms with Crippen LogP contribution in [0, 0.1) is 74.9 Å². The normalized spacial score (nSPS) is 19.7. The van der Waals surface area contributed by atoms with E-state index in [4.69, 9.17) is 30.6 Å². The number of aliphatic carboxylic acids is 6. The summed E-state index contributed by atoms with van der Waals surface area (Å²) in [7, 11) is 0. The summed E-state index contributed by atoms with van der Waals surface area (Å²) < 4.78 is 0. The Balaban J connectivity index is -0.000000774. The minimum atomic E-state index is -1.24. The molecule has 402 valence electrons. The summed E-state index contributed by atoms with van der Waals surface area (Å²) in [5.74, 6) is -6.26. The Hall–Kier alpha value is -5.16. The van der Waals surface area contributed by atoms with Gasteiger partial charge in [0.25, 0.3) is 0 Å². The van der Waals surface area contributed by atoms with Crippen molar-refractivity contribution in [3.63, 3.8) is 0 Å². The number of carbonyl (C=O) groups is 12. The Morgan fingerprint density at radius 1 is 0.500 bits per heavy atom. The fraction of sp³-hybridized carbons (Fsp3) is 0.769. The summed E-state index contributed by atoms with van der Waals surface area (Å²) in [6.45, 7) is 29.2. The van der Waals surface area contributed by atoms with Crippen LogP contribution in [0.5, 0.6) is 0 Å². The zero-order chi connectivity index (χ0) is 56.2. The lowest BCUT2D eigenvalue weighted by Crippen LogP contribution is -2.36. The van der Waals surface area contributed by atoms with Gasteiger partial charge in [0.1, 0.15) is 34.0 Å². The van der Waals surface area contributed by atoms with Gasteiger partial charge in [0.05, 0.1) is 23.2 Å². The molecule has 2 atom stereocenters. The molecule has 18 heteroatoms. The van der Waals surface area contributed by atoms with Gasteiger partial charge in [-0.3, -0.25) is 57.5 Å². The summed E-state index contributed by atoms with van der Waals surface area (Å²) >= 11 is 0. The van der Waals surface area contributed by atoms with Crippen molar-refractivity contribution in [2.45, 2.75) is 182 Å². The number of carbonyl (C=O) groups excluding carboxylic acids is 6. The number of ketones is 6. The second-order valence-electron chi connectivity index (χ2n) is 21.9. The maximum Gasteiger partial charge on any atom is 0.317 e. The van der Waals surface area contributed by atoms with E-state index < -0.39 is 57.5 Å². The van der Waals surface area contributed by atoms with Gasteiger partial charge in [-0.1, -0.05) is 83.1 Å². The topological polar surface area (TPSA) is 326 Å². The largest absolute Gasteiger partial charge is 0.481 e. The monoisotopic (exact) mass is 999 g/mol. The van der Waals surface area contributed by atoms with Crippen LogP contribution in [0.3, 0.4) is 0 Å². The van der Waals surface area contributed by atoms with Crippen LogP contribution in [0.15, 0.2) is 0 Å². The van der Waals surface area contributed by atoms with Gasteiger partial charge < -0.3 is 30.6 Å². The van der Waals surface area contributed by atoms with E-state index >= 15 is 0 Å². The maximum atomic E-state index is 11.7. The number of hydrogen-bond acceptors (Lipinski definition) is 12. The van der Waals surface area contributed by atoms with Crippen molar-refractivity contribution in [1.82, 2.24) is 0 Å². The van der Waals surface area contributed by atoms with Crippen LogP contribution in [0.2, 0.25) is 0 Å². The van der Waals surface area contributed by atoms with E-state index in [0.29, 0.717) is 37.9 Å². The molecule has 3 aliphatic rings. The van der Waals surface area contributed by atoms with Crippen LogP contribution in [-0.4, -0.2) is 101 Å². The van der Waals surface area contributed by atoms with Gasteiger partial charge in [-0.15, -0.1) is 0 Å². The van der Waals surface area contributed by atoms with Crippen LogP contribution in [0.1, 0.15) is 182 Å². The number of hydrogen-bond donors (Lipinski definition) is 6. The van der Waals surface area contributed by atoms with Crippen molar-refractivity contribution >= 4 is 70.5 Å². The molecule has 3 aliphatic carbocycles. The molecule has 0 amide bonds. The highest BCUT2D eigenvalue weighted by atomic mass is 16.4. The van der Waals surface area contributed by atoms with Gasteiger partial charge in [0.2, 0.25) is 0 Å². The third kappa shape index (κ3) is 24.1. The number of carboxylic acids is 6. The summed E-state index contributed by atoms with van der Waals surface area (Å²) in [6.07, 6.45) is 4.56. The van der Waals surface area contributed by atoms with Gasteiger partial charge in [-0.25, -0.2) is 0 Å². The van der Waals surface area contributed by atoms with E-state index in [0.717, 1.165) is 12.8 Å². The maximum absolute atomic E-state index is 11.7. The van der Waals surface area contributed by atoms with Crippen LogP contribution >= 0.6 is 0 Å². The average molecular weight is 999 g/mol. The zero-order valence-electron chi connectivity index (χ0n) is 44.8. The Morgan fingerprint density at radius 3 is 1.16 bits per heavy atom. The first kappa shape index (κ1) is 69.1. The summed E-state index contributed by atoms with van der Waals surface area (Å²) in [6, 6.07) is 0. The first-order chi connectivity index (χ1) is 31.5. The minimum absolute atomic E-state index is 0.00222. The van der Waals surface area contributed by atoms with Crippen LogP contribution in [0.25, 0.3) is 0 Å². The Labute approximate surface area is 414 Å². The molecule has 0 aromatic rings. The summed E-state index contributed by atoms with van der Waals surface area (Å²) in [5.41, 5.74) is -3.77. The minimum Gasteiger partial charge on any atom is -0.481 e. The van der Waals surface area contributed by atoms with Crippen molar-refractivity contribution < 1.29 is 88.2 Å². The van der Waals surface area contributed by atoms with E-state index in [1.54, 1.807) is 90.0 Å². The standard InChI is InChI=1S/C12H20O3.C9H16O3.2C8H12O3.C8H14O3.C7H12O3/c1-8(2)10(13)9-4-6-12(3,7-5-9)11(14)15;1-6(2)7(10)5-9(3,4)8(11)12;1-5(2)6(9)8(3-4-8)7(10)11;1-4(2)7(9)5-3-6(5)8(10)11;1-5(2)6(9)8(3,4)7(10)11;1-5(2)6(8)3-4-7(9)10/h8-9H,4-7H2,1-3H3,(H,14,15);6H,5H2,1-4H3,(H,11,12);5H,3-4H2,1-2H3,(H,10,11);4-6H,3H2,1-2H3,(H,10,11);5H,1-4H3,(H,10,11);5H,3-4H2,1-2H3,(H,9,10)/t;;;5-,6-;;/m...1../s1. The predicted molar refractivity (Wildman–Crippen MR) is 260 cm³/mol. The molecule has 0 heterocycles.